The predicted octanol–water partition coefficient (Wildman–Crippen LogP) is 5.31. The molecule has 34 heavy (non-hydrogen) atoms. The van der Waals surface area contributed by atoms with Crippen LogP contribution in [0.2, 0.25) is 0 Å². The molecule has 3 aliphatic rings. The molecule has 1 heterocycles. The van der Waals surface area contributed by atoms with Crippen LogP contribution in [0, 0.1) is 23.7 Å². The summed E-state index contributed by atoms with van der Waals surface area (Å²) in [5, 5.41) is 0. The summed E-state index contributed by atoms with van der Waals surface area (Å²) in [6.07, 6.45) is 4.21. The van der Waals surface area contributed by atoms with E-state index in [4.69, 9.17) is 0 Å². The summed E-state index contributed by atoms with van der Waals surface area (Å²) in [6.45, 7) is 1.48. The highest BCUT2D eigenvalue weighted by Gasteiger charge is 2.62. The highest BCUT2D eigenvalue weighted by molar-refractivity contribution is 6.23. The Morgan fingerprint density at radius 2 is 1.18 bits per heavy atom. The third-order valence-corrected chi connectivity index (χ3v) is 7.34. The number of hydrogen-bond donors (Lipinski definition) is 0. The number of ketones is 1. The first kappa shape index (κ1) is 20.5. The normalized spacial score (nSPS) is 24.6. The zero-order chi connectivity index (χ0) is 23.4. The smallest absolute Gasteiger partial charge is 0.238 e. The second-order valence-corrected chi connectivity index (χ2v) is 9.17. The zero-order valence-electron chi connectivity index (χ0n) is 18.7. The quantitative estimate of drug-likeness (QED) is 0.311. The lowest BCUT2D eigenvalue weighted by Gasteiger charge is -2.22. The number of nitrogens with zero attached hydrogens (tertiary/aromatic N) is 1. The zero-order valence-corrected chi connectivity index (χ0v) is 18.7. The minimum Gasteiger partial charge on any atom is -0.295 e. The minimum absolute atomic E-state index is 0.0940. The molecule has 4 heteroatoms. The van der Waals surface area contributed by atoms with E-state index in [1.807, 2.05) is 36.4 Å². The molecule has 0 radical (unpaired) electrons. The molecule has 2 bridgehead atoms. The molecule has 6 rings (SSSR count). The summed E-state index contributed by atoms with van der Waals surface area (Å²) in [4.78, 5) is 40.5. The van der Waals surface area contributed by atoms with Gasteiger partial charge in [0.25, 0.3) is 0 Å². The Bertz CT molecular complexity index is 1310. The standard InChI is InChI=1S/C30H23NO3/c1-18(32)21-13-8-14-22(17-21)31-29(33)27-23-15-16-24(28(27)30(31)34)26(23)25(19-9-4-2-5-10-19)20-11-6-3-7-12-20/h2-17,23-24,27-28H,1H3/t23-,24-,27-,28-/m0/s1. The molecule has 4 atom stereocenters. The maximum Gasteiger partial charge on any atom is 0.238 e. The van der Waals surface area contributed by atoms with Crippen LogP contribution in [0.1, 0.15) is 28.4 Å². The Labute approximate surface area is 198 Å². The topological polar surface area (TPSA) is 54.5 Å². The number of amides is 2. The van der Waals surface area contributed by atoms with Crippen LogP contribution >= 0.6 is 0 Å². The number of rotatable bonds is 4. The number of imide groups is 1. The second-order valence-electron chi connectivity index (χ2n) is 9.17. The molecule has 2 amide bonds. The molecular weight excluding hydrogens is 422 g/mol. The van der Waals surface area contributed by atoms with Gasteiger partial charge in [0.15, 0.2) is 5.78 Å². The summed E-state index contributed by atoms with van der Waals surface area (Å²) >= 11 is 0. The fraction of sp³-hybridized carbons (Fsp3) is 0.167. The van der Waals surface area contributed by atoms with Crippen molar-refractivity contribution >= 4 is 28.9 Å². The molecule has 4 nitrogen and oxygen atoms in total. The minimum atomic E-state index is -0.416. The van der Waals surface area contributed by atoms with Gasteiger partial charge in [0, 0.05) is 17.4 Å². The third kappa shape index (κ3) is 2.95. The lowest BCUT2D eigenvalue weighted by Crippen LogP contribution is -2.33. The number of hydrogen-bond acceptors (Lipinski definition) is 3. The number of carbonyl (C=O) groups is 3. The molecule has 0 unspecified atom stereocenters. The molecule has 2 aliphatic carbocycles. The molecule has 0 spiro atoms. The van der Waals surface area contributed by atoms with Crippen molar-refractivity contribution in [1.82, 2.24) is 0 Å². The largest absolute Gasteiger partial charge is 0.295 e. The van der Waals surface area contributed by atoms with Crippen LogP contribution in [0.15, 0.2) is 103 Å². The van der Waals surface area contributed by atoms with Crippen LogP contribution in [-0.4, -0.2) is 17.6 Å². The van der Waals surface area contributed by atoms with Gasteiger partial charge in [-0.25, -0.2) is 4.90 Å². The first-order valence-electron chi connectivity index (χ1n) is 11.6. The molecule has 3 aromatic carbocycles. The van der Waals surface area contributed by atoms with Crippen molar-refractivity contribution in [3.8, 4) is 0 Å². The van der Waals surface area contributed by atoms with Crippen molar-refractivity contribution in [3.05, 3.63) is 119 Å². The average molecular weight is 446 g/mol. The van der Waals surface area contributed by atoms with Gasteiger partial charge >= 0.3 is 0 Å². The summed E-state index contributed by atoms with van der Waals surface area (Å²) < 4.78 is 0. The molecule has 2 fully saturated rings. The first-order valence-corrected chi connectivity index (χ1v) is 11.6. The number of carbonyl (C=O) groups excluding carboxylic acids is 3. The number of allylic oxidation sites excluding steroid dienone is 3. The summed E-state index contributed by atoms with van der Waals surface area (Å²) in [7, 11) is 0. The highest BCUT2D eigenvalue weighted by atomic mass is 16.2. The van der Waals surface area contributed by atoms with Gasteiger partial charge in [0.2, 0.25) is 11.8 Å². The van der Waals surface area contributed by atoms with Crippen LogP contribution in [0.3, 0.4) is 0 Å². The molecular formula is C30H23NO3. The summed E-state index contributed by atoms with van der Waals surface area (Å²) in [5.74, 6) is -1.52. The van der Waals surface area contributed by atoms with Gasteiger partial charge in [-0.1, -0.05) is 84.9 Å². The number of anilines is 1. The molecule has 0 N–H and O–H groups in total. The van der Waals surface area contributed by atoms with E-state index in [0.717, 1.165) is 22.3 Å². The fourth-order valence-electron chi connectivity index (χ4n) is 5.92. The second kappa shape index (κ2) is 7.77. The van der Waals surface area contributed by atoms with Gasteiger partial charge < -0.3 is 0 Å². The van der Waals surface area contributed by atoms with Crippen molar-refractivity contribution < 1.29 is 14.4 Å². The van der Waals surface area contributed by atoms with Crippen molar-refractivity contribution in [2.24, 2.45) is 23.7 Å². The Morgan fingerprint density at radius 3 is 1.68 bits per heavy atom. The van der Waals surface area contributed by atoms with Crippen molar-refractivity contribution in [1.29, 1.82) is 0 Å². The fourth-order valence-corrected chi connectivity index (χ4v) is 5.92. The number of fused-ring (bicyclic) bond motifs is 5. The van der Waals surface area contributed by atoms with Crippen molar-refractivity contribution in [3.63, 3.8) is 0 Å². The summed E-state index contributed by atoms with van der Waals surface area (Å²) in [5.41, 5.74) is 5.43. The van der Waals surface area contributed by atoms with Gasteiger partial charge in [0.05, 0.1) is 17.5 Å². The molecule has 166 valence electrons. The van der Waals surface area contributed by atoms with E-state index in [1.54, 1.807) is 24.3 Å². The Hall–Kier alpha value is -4.05. The molecule has 1 aliphatic heterocycles. The van der Waals surface area contributed by atoms with E-state index in [0.29, 0.717) is 11.3 Å². The van der Waals surface area contributed by atoms with Gasteiger partial charge in [0.1, 0.15) is 0 Å². The first-order chi connectivity index (χ1) is 16.6. The average Bonchev–Trinajstić information content (AvgIpc) is 3.50. The Balaban J connectivity index is 1.47. The Morgan fingerprint density at radius 1 is 0.676 bits per heavy atom. The van der Waals surface area contributed by atoms with E-state index in [2.05, 4.69) is 36.4 Å². The lowest BCUT2D eigenvalue weighted by atomic mass is 9.85. The van der Waals surface area contributed by atoms with E-state index in [-0.39, 0.29) is 29.4 Å². The van der Waals surface area contributed by atoms with E-state index < -0.39 is 11.8 Å². The number of benzene rings is 3. The maximum absolute atomic E-state index is 13.7. The maximum atomic E-state index is 13.7. The van der Waals surface area contributed by atoms with Crippen LogP contribution in [0.4, 0.5) is 5.69 Å². The van der Waals surface area contributed by atoms with E-state index >= 15 is 0 Å². The Kier molecular flexibility index (Phi) is 4.70. The van der Waals surface area contributed by atoms with Crippen LogP contribution in [-0.2, 0) is 9.59 Å². The van der Waals surface area contributed by atoms with Crippen LogP contribution in [0.5, 0.6) is 0 Å². The molecule has 1 saturated carbocycles. The van der Waals surface area contributed by atoms with E-state index in [9.17, 15) is 14.4 Å². The predicted molar refractivity (Wildman–Crippen MR) is 131 cm³/mol. The van der Waals surface area contributed by atoms with Crippen LogP contribution < -0.4 is 4.90 Å². The number of Topliss-reactive ketones (excluding diaryl/α,β-unsaturated/α-hetero) is 1. The van der Waals surface area contributed by atoms with Crippen molar-refractivity contribution in [2.75, 3.05) is 4.90 Å². The van der Waals surface area contributed by atoms with Crippen LogP contribution in [0.25, 0.3) is 5.57 Å². The van der Waals surface area contributed by atoms with Crippen molar-refractivity contribution in [2.45, 2.75) is 6.92 Å². The van der Waals surface area contributed by atoms with E-state index in [1.165, 1.54) is 11.8 Å². The monoisotopic (exact) mass is 445 g/mol. The lowest BCUT2D eigenvalue weighted by molar-refractivity contribution is -0.122. The highest BCUT2D eigenvalue weighted by Crippen LogP contribution is 2.58. The van der Waals surface area contributed by atoms with Gasteiger partial charge in [-0.15, -0.1) is 0 Å². The van der Waals surface area contributed by atoms with Gasteiger partial charge in [-0.05, 0) is 41.3 Å². The SMILES string of the molecule is CC(=O)c1cccc(N2C(=O)[C@@H]3[C@@H](C2=O)[C@H]2C=C[C@H]3C2=C(c2ccccc2)c2ccccc2)c1. The molecule has 3 aromatic rings. The molecule has 0 aromatic heterocycles. The van der Waals surface area contributed by atoms with Gasteiger partial charge in [-0.3, -0.25) is 14.4 Å². The summed E-state index contributed by atoms with van der Waals surface area (Å²) in [6, 6.07) is 27.2. The third-order valence-electron chi connectivity index (χ3n) is 7.34. The van der Waals surface area contributed by atoms with Gasteiger partial charge in [-0.2, -0.15) is 0 Å². The molecule has 1 saturated heterocycles.